The topological polar surface area (TPSA) is 65.5 Å². The normalized spacial score (nSPS) is 15.8. The minimum Gasteiger partial charge on any atom is -0.464 e. The molecule has 0 atom stereocenters. The van der Waals surface area contributed by atoms with Crippen molar-refractivity contribution in [2.45, 2.75) is 38.2 Å². The van der Waals surface area contributed by atoms with Crippen LogP contribution in [0.1, 0.15) is 53.1 Å². The molecular formula is C14H17NO4. The summed E-state index contributed by atoms with van der Waals surface area (Å²) >= 11 is 0. The number of ether oxygens (including phenoxy) is 2. The molecule has 5 nitrogen and oxygen atoms in total. The molecule has 0 amide bonds. The van der Waals surface area contributed by atoms with Gasteiger partial charge in [0.2, 0.25) is 0 Å². The van der Waals surface area contributed by atoms with E-state index in [0.29, 0.717) is 0 Å². The lowest BCUT2D eigenvalue weighted by atomic mass is 9.98. The molecule has 0 saturated heterocycles. The Kier molecular flexibility index (Phi) is 4.49. The van der Waals surface area contributed by atoms with E-state index < -0.39 is 11.9 Å². The van der Waals surface area contributed by atoms with Crippen molar-refractivity contribution in [1.29, 1.82) is 0 Å². The van der Waals surface area contributed by atoms with E-state index in [1.807, 2.05) is 0 Å². The Bertz CT molecular complexity index is 466. The van der Waals surface area contributed by atoms with E-state index >= 15 is 0 Å². The van der Waals surface area contributed by atoms with Gasteiger partial charge in [-0.2, -0.15) is 0 Å². The van der Waals surface area contributed by atoms with Crippen LogP contribution in [0.5, 0.6) is 0 Å². The van der Waals surface area contributed by atoms with E-state index in [0.717, 1.165) is 25.7 Å². The van der Waals surface area contributed by atoms with Crippen molar-refractivity contribution in [2.24, 2.45) is 0 Å². The molecule has 19 heavy (non-hydrogen) atoms. The fraction of sp³-hybridized carbons (Fsp3) is 0.500. The summed E-state index contributed by atoms with van der Waals surface area (Å²) in [5.74, 6) is -1.04. The van der Waals surface area contributed by atoms with E-state index in [1.165, 1.54) is 25.7 Å². The van der Waals surface area contributed by atoms with Crippen molar-refractivity contribution in [3.05, 3.63) is 29.6 Å². The van der Waals surface area contributed by atoms with Gasteiger partial charge in [-0.3, -0.25) is 0 Å². The second kappa shape index (κ2) is 6.31. The molecule has 0 aliphatic heterocycles. The van der Waals surface area contributed by atoms with Gasteiger partial charge in [-0.25, -0.2) is 14.6 Å². The predicted molar refractivity (Wildman–Crippen MR) is 67.9 cm³/mol. The maximum atomic E-state index is 11.9. The highest BCUT2D eigenvalue weighted by molar-refractivity contribution is 5.91. The maximum absolute atomic E-state index is 11.9. The zero-order valence-corrected chi connectivity index (χ0v) is 10.9. The third-order valence-electron chi connectivity index (χ3n) is 3.18. The van der Waals surface area contributed by atoms with Crippen LogP contribution in [-0.4, -0.2) is 30.1 Å². The second-order valence-electron chi connectivity index (χ2n) is 4.56. The molecule has 1 aromatic heterocycles. The Morgan fingerprint density at radius 2 is 1.74 bits per heavy atom. The molecule has 0 spiro atoms. The van der Waals surface area contributed by atoms with Crippen LogP contribution in [0.3, 0.4) is 0 Å². The number of aromatic nitrogens is 1. The first-order valence-corrected chi connectivity index (χ1v) is 6.47. The van der Waals surface area contributed by atoms with Crippen molar-refractivity contribution < 1.29 is 19.1 Å². The second-order valence-corrected chi connectivity index (χ2v) is 4.56. The molecule has 1 aromatic rings. The van der Waals surface area contributed by atoms with Gasteiger partial charge < -0.3 is 9.47 Å². The summed E-state index contributed by atoms with van der Waals surface area (Å²) in [5.41, 5.74) is 0.258. The van der Waals surface area contributed by atoms with Crippen LogP contribution >= 0.6 is 0 Å². The summed E-state index contributed by atoms with van der Waals surface area (Å²) in [7, 11) is 1.27. The molecule has 0 unspecified atom stereocenters. The number of pyridine rings is 1. The quantitative estimate of drug-likeness (QED) is 0.783. The number of methoxy groups -OCH3 is 1. The van der Waals surface area contributed by atoms with Crippen LogP contribution in [0.2, 0.25) is 0 Å². The minimum atomic E-state index is -0.563. The molecule has 1 fully saturated rings. The molecule has 1 saturated carbocycles. The average molecular weight is 263 g/mol. The highest BCUT2D eigenvalue weighted by atomic mass is 16.5. The number of hydrogen-bond donors (Lipinski definition) is 0. The van der Waals surface area contributed by atoms with Gasteiger partial charge in [0.15, 0.2) is 0 Å². The van der Waals surface area contributed by atoms with E-state index in [4.69, 9.17) is 4.74 Å². The molecule has 5 heteroatoms. The number of nitrogens with zero attached hydrogens (tertiary/aromatic N) is 1. The summed E-state index contributed by atoms with van der Waals surface area (Å²) in [4.78, 5) is 27.2. The third kappa shape index (κ3) is 3.53. The minimum absolute atomic E-state index is 0.0233. The molecule has 0 bridgehead atoms. The van der Waals surface area contributed by atoms with Gasteiger partial charge in [-0.1, -0.05) is 12.5 Å². The van der Waals surface area contributed by atoms with E-state index in [2.05, 4.69) is 9.72 Å². The molecule has 0 aromatic carbocycles. The summed E-state index contributed by atoms with van der Waals surface area (Å²) in [6.07, 6.45) is 5.17. The predicted octanol–water partition coefficient (Wildman–Crippen LogP) is 2.36. The van der Waals surface area contributed by atoms with Crippen molar-refractivity contribution in [3.63, 3.8) is 0 Å². The molecule has 102 valence electrons. The largest absolute Gasteiger partial charge is 0.464 e. The van der Waals surface area contributed by atoms with E-state index in [-0.39, 0.29) is 17.5 Å². The highest BCUT2D eigenvalue weighted by Crippen LogP contribution is 2.21. The smallest absolute Gasteiger partial charge is 0.357 e. The monoisotopic (exact) mass is 263 g/mol. The number of hydrogen-bond acceptors (Lipinski definition) is 5. The number of carbonyl (C=O) groups is 2. The Balaban J connectivity index is 2.04. The summed E-state index contributed by atoms with van der Waals surface area (Å²) < 4.78 is 9.96. The Morgan fingerprint density at radius 3 is 2.37 bits per heavy atom. The first kappa shape index (κ1) is 13.5. The van der Waals surface area contributed by atoms with Gasteiger partial charge in [0, 0.05) is 0 Å². The number of carbonyl (C=O) groups excluding carboxylic acids is 2. The van der Waals surface area contributed by atoms with Crippen LogP contribution in [0.4, 0.5) is 0 Å². The molecule has 2 rings (SSSR count). The van der Waals surface area contributed by atoms with Crippen LogP contribution in [-0.2, 0) is 9.47 Å². The lowest BCUT2D eigenvalue weighted by Crippen LogP contribution is -2.22. The molecular weight excluding hydrogens is 246 g/mol. The first-order valence-electron chi connectivity index (χ1n) is 6.47. The molecule has 1 aliphatic carbocycles. The maximum Gasteiger partial charge on any atom is 0.357 e. The van der Waals surface area contributed by atoms with Crippen molar-refractivity contribution in [3.8, 4) is 0 Å². The highest BCUT2D eigenvalue weighted by Gasteiger charge is 2.20. The summed E-state index contributed by atoms with van der Waals surface area (Å²) in [5, 5.41) is 0. The van der Waals surface area contributed by atoms with E-state index in [1.54, 1.807) is 6.07 Å². The van der Waals surface area contributed by atoms with Gasteiger partial charge in [-0.15, -0.1) is 0 Å². The third-order valence-corrected chi connectivity index (χ3v) is 3.18. The SMILES string of the molecule is COC(=O)c1cccc(C(=O)OC2CCCCC2)n1. The lowest BCUT2D eigenvalue weighted by molar-refractivity contribution is 0.0204. The zero-order valence-electron chi connectivity index (χ0n) is 10.9. The van der Waals surface area contributed by atoms with Crippen LogP contribution < -0.4 is 0 Å². The zero-order chi connectivity index (χ0) is 13.7. The Hall–Kier alpha value is -1.91. The molecule has 0 radical (unpaired) electrons. The number of esters is 2. The van der Waals surface area contributed by atoms with Crippen LogP contribution in [0, 0.1) is 0 Å². The van der Waals surface area contributed by atoms with Gasteiger partial charge in [0.25, 0.3) is 0 Å². The number of rotatable bonds is 3. The van der Waals surface area contributed by atoms with Crippen molar-refractivity contribution in [1.82, 2.24) is 4.98 Å². The Labute approximate surface area is 111 Å². The fourth-order valence-corrected chi connectivity index (χ4v) is 2.16. The average Bonchev–Trinajstić information content (AvgIpc) is 2.47. The van der Waals surface area contributed by atoms with Crippen LogP contribution in [0.15, 0.2) is 18.2 Å². The standard InChI is InChI=1S/C14H17NO4/c1-18-13(16)11-8-5-9-12(15-11)14(17)19-10-6-3-2-4-7-10/h5,8-10H,2-4,6-7H2,1H3. The molecule has 1 heterocycles. The van der Waals surface area contributed by atoms with E-state index in [9.17, 15) is 9.59 Å². The van der Waals surface area contributed by atoms with Crippen molar-refractivity contribution in [2.75, 3.05) is 7.11 Å². The first-order chi connectivity index (χ1) is 9.20. The van der Waals surface area contributed by atoms with Crippen molar-refractivity contribution >= 4 is 11.9 Å². The summed E-state index contributed by atoms with van der Waals surface area (Å²) in [6.45, 7) is 0. The van der Waals surface area contributed by atoms with Crippen LogP contribution in [0.25, 0.3) is 0 Å². The molecule has 0 N–H and O–H groups in total. The van der Waals surface area contributed by atoms with Gasteiger partial charge in [-0.05, 0) is 37.8 Å². The van der Waals surface area contributed by atoms with Gasteiger partial charge in [0.05, 0.1) is 7.11 Å². The molecule has 1 aliphatic rings. The van der Waals surface area contributed by atoms with Gasteiger partial charge in [0.1, 0.15) is 17.5 Å². The Morgan fingerprint density at radius 1 is 1.11 bits per heavy atom. The van der Waals surface area contributed by atoms with Gasteiger partial charge >= 0.3 is 11.9 Å². The summed E-state index contributed by atoms with van der Waals surface area (Å²) in [6, 6.07) is 4.64. The fourth-order valence-electron chi connectivity index (χ4n) is 2.16. The lowest BCUT2D eigenvalue weighted by Gasteiger charge is -2.21.